The number of amides is 1. The van der Waals surface area contributed by atoms with Gasteiger partial charge < -0.3 is 14.6 Å². The first-order valence-corrected chi connectivity index (χ1v) is 9.86. The lowest BCUT2D eigenvalue weighted by Gasteiger charge is -2.15. The molecule has 150 valence electrons. The van der Waals surface area contributed by atoms with Crippen LogP contribution in [0.2, 0.25) is 0 Å². The highest BCUT2D eigenvalue weighted by molar-refractivity contribution is 5.94. The maximum atomic E-state index is 14.4. The van der Waals surface area contributed by atoms with Gasteiger partial charge in [0.25, 0.3) is 5.91 Å². The van der Waals surface area contributed by atoms with Gasteiger partial charge in [0.05, 0.1) is 5.69 Å². The minimum atomic E-state index is -0.773. The number of anilines is 1. The third-order valence-electron chi connectivity index (χ3n) is 5.02. The van der Waals surface area contributed by atoms with Gasteiger partial charge in [-0.25, -0.2) is 4.39 Å². The summed E-state index contributed by atoms with van der Waals surface area (Å²) in [5.74, 6) is 1.30. The minimum absolute atomic E-state index is 0.0991. The topological polar surface area (TPSA) is 69.0 Å². The molecule has 1 N–H and O–H groups in total. The standard InChI is InChI=1S/C22H23FN4O2/c1-15(29-17-8-4-2-5-9-17)22(28)24-19-14-16(11-12-18(19)23)21-26-25-20-10-6-3-7-13-27(20)21/h2,4-5,8-9,11-12,14-15H,3,6-7,10,13H2,1H3,(H,24,28). The van der Waals surface area contributed by atoms with Crippen molar-refractivity contribution in [2.45, 2.75) is 45.3 Å². The Morgan fingerprint density at radius 3 is 2.79 bits per heavy atom. The van der Waals surface area contributed by atoms with E-state index < -0.39 is 17.8 Å². The quantitative estimate of drug-likeness (QED) is 0.704. The van der Waals surface area contributed by atoms with Crippen molar-refractivity contribution in [1.82, 2.24) is 14.8 Å². The SMILES string of the molecule is CC(Oc1ccccc1)C(=O)Nc1cc(-c2nnc3n2CCCCC3)ccc1F. The number of carbonyl (C=O) groups is 1. The van der Waals surface area contributed by atoms with Crippen molar-refractivity contribution in [3.63, 3.8) is 0 Å². The maximum absolute atomic E-state index is 14.4. The number of para-hydroxylation sites is 1. The van der Waals surface area contributed by atoms with Crippen LogP contribution in [0.1, 0.15) is 32.0 Å². The van der Waals surface area contributed by atoms with Crippen molar-refractivity contribution in [3.05, 3.63) is 60.2 Å². The molecule has 4 rings (SSSR count). The molecule has 0 saturated carbocycles. The van der Waals surface area contributed by atoms with Gasteiger partial charge in [0.1, 0.15) is 17.4 Å². The number of nitrogens with zero attached hydrogens (tertiary/aromatic N) is 3. The first-order chi connectivity index (χ1) is 14.1. The molecule has 2 aromatic carbocycles. The fourth-order valence-corrected chi connectivity index (χ4v) is 3.45. The molecule has 0 radical (unpaired) electrons. The molecule has 1 aliphatic rings. The molecule has 2 heterocycles. The first-order valence-electron chi connectivity index (χ1n) is 9.86. The molecule has 1 amide bonds. The molecule has 0 fully saturated rings. The van der Waals surface area contributed by atoms with E-state index in [1.165, 1.54) is 6.07 Å². The number of rotatable bonds is 5. The van der Waals surface area contributed by atoms with Crippen molar-refractivity contribution in [1.29, 1.82) is 0 Å². The van der Waals surface area contributed by atoms with Crippen molar-refractivity contribution >= 4 is 11.6 Å². The van der Waals surface area contributed by atoms with Gasteiger partial charge in [0, 0.05) is 18.5 Å². The third kappa shape index (κ3) is 4.29. The van der Waals surface area contributed by atoms with E-state index in [0.717, 1.165) is 43.6 Å². The summed E-state index contributed by atoms with van der Waals surface area (Å²) in [5.41, 5.74) is 0.820. The van der Waals surface area contributed by atoms with Crippen LogP contribution in [0.15, 0.2) is 48.5 Å². The van der Waals surface area contributed by atoms with Crippen LogP contribution in [0, 0.1) is 5.82 Å². The monoisotopic (exact) mass is 394 g/mol. The Morgan fingerprint density at radius 2 is 1.97 bits per heavy atom. The average molecular weight is 394 g/mol. The Kier molecular flexibility index (Phi) is 5.55. The minimum Gasteiger partial charge on any atom is -0.481 e. The Morgan fingerprint density at radius 1 is 1.14 bits per heavy atom. The van der Waals surface area contributed by atoms with Crippen molar-refractivity contribution in [2.75, 3.05) is 5.32 Å². The number of halogens is 1. The van der Waals surface area contributed by atoms with Gasteiger partial charge in [-0.15, -0.1) is 10.2 Å². The number of hydrogen-bond donors (Lipinski definition) is 1. The van der Waals surface area contributed by atoms with E-state index in [-0.39, 0.29) is 5.69 Å². The molecule has 1 aliphatic heterocycles. The van der Waals surface area contributed by atoms with E-state index in [0.29, 0.717) is 11.6 Å². The number of hydrogen-bond acceptors (Lipinski definition) is 4. The Bertz CT molecular complexity index is 1000. The molecule has 0 saturated heterocycles. The molecule has 3 aromatic rings. The predicted octanol–water partition coefficient (Wildman–Crippen LogP) is 4.22. The van der Waals surface area contributed by atoms with Crippen LogP contribution < -0.4 is 10.1 Å². The van der Waals surface area contributed by atoms with E-state index in [9.17, 15) is 9.18 Å². The van der Waals surface area contributed by atoms with Gasteiger partial charge in [-0.1, -0.05) is 24.6 Å². The lowest BCUT2D eigenvalue weighted by atomic mass is 10.1. The van der Waals surface area contributed by atoms with E-state index in [1.54, 1.807) is 31.2 Å². The van der Waals surface area contributed by atoms with E-state index in [1.807, 2.05) is 18.2 Å². The molecule has 1 aromatic heterocycles. The van der Waals surface area contributed by atoms with Crippen molar-refractivity contribution < 1.29 is 13.9 Å². The second kappa shape index (κ2) is 8.43. The number of carbonyl (C=O) groups excluding carboxylic acids is 1. The summed E-state index contributed by atoms with van der Waals surface area (Å²) in [6.07, 6.45) is 3.45. The smallest absolute Gasteiger partial charge is 0.265 e. The average Bonchev–Trinajstić information content (AvgIpc) is 2.98. The highest BCUT2D eigenvalue weighted by Gasteiger charge is 2.20. The van der Waals surface area contributed by atoms with Crippen LogP contribution in [0.25, 0.3) is 11.4 Å². The fourth-order valence-electron chi connectivity index (χ4n) is 3.45. The molecule has 1 atom stereocenters. The Labute approximate surface area is 168 Å². The number of aromatic nitrogens is 3. The number of nitrogens with one attached hydrogen (secondary N) is 1. The third-order valence-corrected chi connectivity index (χ3v) is 5.02. The summed E-state index contributed by atoms with van der Waals surface area (Å²) in [4.78, 5) is 12.5. The van der Waals surface area contributed by atoms with Crippen LogP contribution in [0.5, 0.6) is 5.75 Å². The van der Waals surface area contributed by atoms with Gasteiger partial charge in [-0.2, -0.15) is 0 Å². The molecular weight excluding hydrogens is 371 g/mol. The molecule has 1 unspecified atom stereocenters. The van der Waals surface area contributed by atoms with Crippen LogP contribution in [-0.4, -0.2) is 26.8 Å². The predicted molar refractivity (Wildman–Crippen MR) is 108 cm³/mol. The van der Waals surface area contributed by atoms with E-state index in [4.69, 9.17) is 4.74 Å². The first kappa shape index (κ1) is 19.1. The van der Waals surface area contributed by atoms with Gasteiger partial charge in [0.15, 0.2) is 11.9 Å². The van der Waals surface area contributed by atoms with Crippen LogP contribution in [0.4, 0.5) is 10.1 Å². The zero-order valence-electron chi connectivity index (χ0n) is 16.3. The number of ether oxygens (including phenoxy) is 1. The van der Waals surface area contributed by atoms with E-state index >= 15 is 0 Å². The maximum Gasteiger partial charge on any atom is 0.265 e. The molecule has 6 nitrogen and oxygen atoms in total. The Hall–Kier alpha value is -3.22. The zero-order chi connectivity index (χ0) is 20.2. The summed E-state index contributed by atoms with van der Waals surface area (Å²) >= 11 is 0. The second-order valence-electron chi connectivity index (χ2n) is 7.16. The van der Waals surface area contributed by atoms with Gasteiger partial charge in [-0.3, -0.25) is 4.79 Å². The summed E-state index contributed by atoms with van der Waals surface area (Å²) in [6, 6.07) is 13.6. The number of fused-ring (bicyclic) bond motifs is 1. The summed E-state index contributed by atoms with van der Waals surface area (Å²) in [7, 11) is 0. The highest BCUT2D eigenvalue weighted by atomic mass is 19.1. The summed E-state index contributed by atoms with van der Waals surface area (Å²) in [5, 5.41) is 11.2. The fraction of sp³-hybridized carbons (Fsp3) is 0.318. The molecule has 0 aliphatic carbocycles. The van der Waals surface area contributed by atoms with Crippen molar-refractivity contribution in [2.24, 2.45) is 0 Å². The number of aryl methyl sites for hydroxylation is 1. The van der Waals surface area contributed by atoms with Gasteiger partial charge >= 0.3 is 0 Å². The lowest BCUT2D eigenvalue weighted by molar-refractivity contribution is -0.122. The largest absolute Gasteiger partial charge is 0.481 e. The van der Waals surface area contributed by atoms with Crippen LogP contribution >= 0.6 is 0 Å². The van der Waals surface area contributed by atoms with Gasteiger partial charge in [0.2, 0.25) is 0 Å². The van der Waals surface area contributed by atoms with E-state index in [2.05, 4.69) is 20.1 Å². The van der Waals surface area contributed by atoms with Crippen LogP contribution in [-0.2, 0) is 17.8 Å². The summed E-state index contributed by atoms with van der Waals surface area (Å²) < 4.78 is 22.1. The van der Waals surface area contributed by atoms with Crippen molar-refractivity contribution in [3.8, 4) is 17.1 Å². The normalized spacial score (nSPS) is 14.6. The zero-order valence-corrected chi connectivity index (χ0v) is 16.3. The van der Waals surface area contributed by atoms with Crippen LogP contribution in [0.3, 0.4) is 0 Å². The molecular formula is C22H23FN4O2. The molecule has 7 heteroatoms. The molecule has 29 heavy (non-hydrogen) atoms. The molecule has 0 bridgehead atoms. The molecule has 0 spiro atoms. The summed E-state index contributed by atoms with van der Waals surface area (Å²) in [6.45, 7) is 2.47. The van der Waals surface area contributed by atoms with Gasteiger partial charge in [-0.05, 0) is 50.1 Å². The lowest BCUT2D eigenvalue weighted by Crippen LogP contribution is -2.30. The highest BCUT2D eigenvalue weighted by Crippen LogP contribution is 2.27. The second-order valence-corrected chi connectivity index (χ2v) is 7.16. The Balaban J connectivity index is 1.53. The number of benzene rings is 2.